The second-order valence-electron chi connectivity index (χ2n) is 2.50. The van der Waals surface area contributed by atoms with E-state index in [1.807, 2.05) is 0 Å². The summed E-state index contributed by atoms with van der Waals surface area (Å²) in [6.45, 7) is -0.117. The molecule has 0 saturated carbocycles. The average molecular weight is 254 g/mol. The molecular formula is C8H7BrF3N. The van der Waals surface area contributed by atoms with Crippen molar-refractivity contribution in [2.75, 3.05) is 0 Å². The smallest absolute Gasteiger partial charge is 0.326 e. The number of rotatable bonds is 1. The fraction of sp³-hybridized carbons (Fsp3) is 0.250. The third kappa shape index (κ3) is 2.45. The molecule has 0 spiro atoms. The summed E-state index contributed by atoms with van der Waals surface area (Å²) >= 11 is 3.08. The van der Waals surface area contributed by atoms with E-state index in [2.05, 4.69) is 15.9 Å². The van der Waals surface area contributed by atoms with Crippen molar-refractivity contribution in [2.45, 2.75) is 12.7 Å². The van der Waals surface area contributed by atoms with Gasteiger partial charge in [0.1, 0.15) is 0 Å². The highest BCUT2D eigenvalue weighted by Crippen LogP contribution is 2.33. The molecule has 5 heteroatoms. The van der Waals surface area contributed by atoms with E-state index in [0.29, 0.717) is 4.47 Å². The maximum atomic E-state index is 12.3. The lowest BCUT2D eigenvalue weighted by Crippen LogP contribution is -2.11. The molecule has 0 saturated heterocycles. The van der Waals surface area contributed by atoms with E-state index >= 15 is 0 Å². The Bertz CT molecular complexity index is 309. The van der Waals surface area contributed by atoms with Gasteiger partial charge >= 0.3 is 6.18 Å². The Labute approximate surface area is 81.9 Å². The second kappa shape index (κ2) is 3.67. The summed E-state index contributed by atoms with van der Waals surface area (Å²) in [6, 6.07) is 3.75. The highest BCUT2D eigenvalue weighted by atomic mass is 79.9. The summed E-state index contributed by atoms with van der Waals surface area (Å²) in [4.78, 5) is 0. The SMILES string of the molecule is NCc1cc(Br)ccc1C(F)(F)F. The fourth-order valence-corrected chi connectivity index (χ4v) is 1.42. The van der Waals surface area contributed by atoms with Crippen LogP contribution in [0.3, 0.4) is 0 Å². The maximum Gasteiger partial charge on any atom is 0.416 e. The Morgan fingerprint density at radius 3 is 2.38 bits per heavy atom. The first kappa shape index (κ1) is 10.5. The minimum atomic E-state index is -4.32. The van der Waals surface area contributed by atoms with Crippen LogP contribution in [0.15, 0.2) is 22.7 Å². The quantitative estimate of drug-likeness (QED) is 0.819. The molecule has 1 aromatic carbocycles. The third-order valence-electron chi connectivity index (χ3n) is 1.59. The van der Waals surface area contributed by atoms with E-state index in [0.717, 1.165) is 6.07 Å². The van der Waals surface area contributed by atoms with Gasteiger partial charge in [-0.1, -0.05) is 15.9 Å². The molecule has 0 aliphatic heterocycles. The van der Waals surface area contributed by atoms with E-state index in [9.17, 15) is 13.2 Å². The summed E-state index contributed by atoms with van der Waals surface area (Å²) in [5.74, 6) is 0. The third-order valence-corrected chi connectivity index (χ3v) is 2.09. The fourth-order valence-electron chi connectivity index (χ4n) is 1.01. The van der Waals surface area contributed by atoms with Crippen molar-refractivity contribution < 1.29 is 13.2 Å². The minimum absolute atomic E-state index is 0.0990. The zero-order valence-electron chi connectivity index (χ0n) is 6.53. The molecule has 0 fully saturated rings. The van der Waals surface area contributed by atoms with Crippen molar-refractivity contribution in [3.63, 3.8) is 0 Å². The number of benzene rings is 1. The van der Waals surface area contributed by atoms with E-state index < -0.39 is 11.7 Å². The van der Waals surface area contributed by atoms with Gasteiger partial charge in [-0.05, 0) is 23.8 Å². The molecule has 2 N–H and O–H groups in total. The average Bonchev–Trinajstić information content (AvgIpc) is 2.01. The van der Waals surface area contributed by atoms with Gasteiger partial charge in [0.2, 0.25) is 0 Å². The molecule has 13 heavy (non-hydrogen) atoms. The maximum absolute atomic E-state index is 12.3. The molecular weight excluding hydrogens is 247 g/mol. The standard InChI is InChI=1S/C8H7BrF3N/c9-6-1-2-7(8(10,11)12)5(3-6)4-13/h1-3H,4,13H2. The van der Waals surface area contributed by atoms with Crippen molar-refractivity contribution >= 4 is 15.9 Å². The Morgan fingerprint density at radius 1 is 1.31 bits per heavy atom. The first-order chi connectivity index (χ1) is 5.95. The Hall–Kier alpha value is -0.550. The van der Waals surface area contributed by atoms with E-state index in [4.69, 9.17) is 5.73 Å². The van der Waals surface area contributed by atoms with Crippen LogP contribution in [-0.4, -0.2) is 0 Å². The van der Waals surface area contributed by atoms with Crippen molar-refractivity contribution in [3.05, 3.63) is 33.8 Å². The lowest BCUT2D eigenvalue weighted by Gasteiger charge is -2.11. The van der Waals surface area contributed by atoms with Crippen LogP contribution in [0.4, 0.5) is 13.2 Å². The molecule has 0 heterocycles. The van der Waals surface area contributed by atoms with Crippen molar-refractivity contribution in [1.82, 2.24) is 0 Å². The van der Waals surface area contributed by atoms with Gasteiger partial charge < -0.3 is 5.73 Å². The van der Waals surface area contributed by atoms with Crippen molar-refractivity contribution in [3.8, 4) is 0 Å². The largest absolute Gasteiger partial charge is 0.416 e. The Kier molecular flexibility index (Phi) is 2.98. The van der Waals surface area contributed by atoms with Gasteiger partial charge in [0, 0.05) is 11.0 Å². The van der Waals surface area contributed by atoms with Gasteiger partial charge in [-0.3, -0.25) is 0 Å². The van der Waals surface area contributed by atoms with Gasteiger partial charge in [0.15, 0.2) is 0 Å². The zero-order valence-corrected chi connectivity index (χ0v) is 8.11. The molecule has 0 aliphatic rings. The van der Waals surface area contributed by atoms with E-state index in [1.54, 1.807) is 0 Å². The van der Waals surface area contributed by atoms with Crippen LogP contribution in [-0.2, 0) is 12.7 Å². The topological polar surface area (TPSA) is 26.0 Å². The van der Waals surface area contributed by atoms with Gasteiger partial charge in [-0.25, -0.2) is 0 Å². The number of nitrogens with two attached hydrogens (primary N) is 1. The van der Waals surface area contributed by atoms with Crippen molar-refractivity contribution in [1.29, 1.82) is 0 Å². The van der Waals surface area contributed by atoms with Crippen LogP contribution >= 0.6 is 15.9 Å². The number of halogens is 4. The minimum Gasteiger partial charge on any atom is -0.326 e. The highest BCUT2D eigenvalue weighted by Gasteiger charge is 2.32. The predicted octanol–water partition coefficient (Wildman–Crippen LogP) is 2.93. The molecule has 72 valence electrons. The summed E-state index contributed by atoms with van der Waals surface area (Å²) in [6.07, 6.45) is -4.32. The molecule has 1 rings (SSSR count). The molecule has 1 nitrogen and oxygen atoms in total. The molecule has 1 aromatic rings. The molecule has 0 radical (unpaired) electrons. The molecule has 0 aromatic heterocycles. The lowest BCUT2D eigenvalue weighted by atomic mass is 10.1. The van der Waals surface area contributed by atoms with Crippen LogP contribution in [0.25, 0.3) is 0 Å². The van der Waals surface area contributed by atoms with Gasteiger partial charge in [0.25, 0.3) is 0 Å². The van der Waals surface area contributed by atoms with Crippen molar-refractivity contribution in [2.24, 2.45) is 5.73 Å². The van der Waals surface area contributed by atoms with Crippen LogP contribution in [0, 0.1) is 0 Å². The van der Waals surface area contributed by atoms with Gasteiger partial charge in [0.05, 0.1) is 5.56 Å². The van der Waals surface area contributed by atoms with Gasteiger partial charge in [-0.15, -0.1) is 0 Å². The van der Waals surface area contributed by atoms with Gasteiger partial charge in [-0.2, -0.15) is 13.2 Å². The molecule has 0 bridgehead atoms. The van der Waals surface area contributed by atoms with Crippen LogP contribution < -0.4 is 5.73 Å². The first-order valence-corrected chi connectivity index (χ1v) is 4.30. The van der Waals surface area contributed by atoms with Crippen LogP contribution in [0.2, 0.25) is 0 Å². The van der Waals surface area contributed by atoms with E-state index in [-0.39, 0.29) is 12.1 Å². The number of hydrogen-bond donors (Lipinski definition) is 1. The summed E-state index contributed by atoms with van der Waals surface area (Å²) in [7, 11) is 0. The molecule has 0 unspecified atom stereocenters. The molecule has 0 atom stereocenters. The first-order valence-electron chi connectivity index (χ1n) is 3.51. The monoisotopic (exact) mass is 253 g/mol. The molecule has 0 aliphatic carbocycles. The summed E-state index contributed by atoms with van der Waals surface area (Å²) < 4.78 is 37.5. The lowest BCUT2D eigenvalue weighted by molar-refractivity contribution is -0.138. The summed E-state index contributed by atoms with van der Waals surface area (Å²) in [5, 5.41) is 0. The number of hydrogen-bond acceptors (Lipinski definition) is 1. The predicted molar refractivity (Wildman–Crippen MR) is 47.0 cm³/mol. The zero-order chi connectivity index (χ0) is 10.1. The van der Waals surface area contributed by atoms with Crippen LogP contribution in [0.1, 0.15) is 11.1 Å². The Morgan fingerprint density at radius 2 is 1.92 bits per heavy atom. The second-order valence-corrected chi connectivity index (χ2v) is 3.42. The van der Waals surface area contributed by atoms with E-state index in [1.165, 1.54) is 12.1 Å². The summed E-state index contributed by atoms with van der Waals surface area (Å²) in [5.41, 5.74) is 4.63. The molecule has 0 amide bonds. The Balaban J connectivity index is 3.22. The normalized spacial score (nSPS) is 11.8. The van der Waals surface area contributed by atoms with Crippen LogP contribution in [0.5, 0.6) is 0 Å². The number of alkyl halides is 3. The highest BCUT2D eigenvalue weighted by molar-refractivity contribution is 9.10.